The number of piperazine rings is 1. The average Bonchev–Trinajstić information content (AvgIpc) is 3.25. The van der Waals surface area contributed by atoms with E-state index in [-0.39, 0.29) is 17.7 Å². The summed E-state index contributed by atoms with van der Waals surface area (Å²) in [5.41, 5.74) is 0.868. The molecule has 1 saturated heterocycles. The number of halogens is 1. The maximum atomic E-state index is 13.0. The molecule has 0 aromatic heterocycles. The molecular weight excluding hydrogens is 288 g/mol. The van der Waals surface area contributed by atoms with Gasteiger partial charge in [0.05, 0.1) is 0 Å². The first-order valence-electron chi connectivity index (χ1n) is 7.26. The summed E-state index contributed by atoms with van der Waals surface area (Å²) in [4.78, 5) is 27.0. The number of rotatable bonds is 2. The van der Waals surface area contributed by atoms with Gasteiger partial charge in [-0.15, -0.1) is 0 Å². The molecule has 3 rings (SSSR count). The lowest BCUT2D eigenvalue weighted by Crippen LogP contribution is -2.70. The Morgan fingerprint density at radius 2 is 2.00 bits per heavy atom. The average molecular weight is 307 g/mol. The smallest absolute Gasteiger partial charge is 0.253 e. The topological polar surface area (TPSA) is 49.4 Å². The van der Waals surface area contributed by atoms with Gasteiger partial charge in [0.25, 0.3) is 5.91 Å². The van der Waals surface area contributed by atoms with E-state index in [1.165, 1.54) is 0 Å². The van der Waals surface area contributed by atoms with Gasteiger partial charge in [0.1, 0.15) is 11.6 Å². The van der Waals surface area contributed by atoms with Gasteiger partial charge in [-0.05, 0) is 57.2 Å². The molecule has 0 radical (unpaired) electrons. The van der Waals surface area contributed by atoms with Crippen molar-refractivity contribution >= 4 is 29.1 Å². The van der Waals surface area contributed by atoms with Gasteiger partial charge < -0.3 is 5.32 Å². The largest absolute Gasteiger partial charge is 0.340 e. The molecule has 21 heavy (non-hydrogen) atoms. The van der Waals surface area contributed by atoms with Crippen LogP contribution in [0.4, 0.5) is 5.69 Å². The Morgan fingerprint density at radius 3 is 2.62 bits per heavy atom. The molecule has 2 amide bonds. The third-order valence-corrected chi connectivity index (χ3v) is 4.87. The van der Waals surface area contributed by atoms with Crippen LogP contribution in [0.15, 0.2) is 18.2 Å². The van der Waals surface area contributed by atoms with Crippen molar-refractivity contribution in [1.82, 2.24) is 5.32 Å². The van der Waals surface area contributed by atoms with Crippen LogP contribution in [0.3, 0.4) is 0 Å². The number of amides is 2. The fourth-order valence-corrected chi connectivity index (χ4v) is 3.22. The quantitative estimate of drug-likeness (QED) is 0.913. The highest BCUT2D eigenvalue weighted by Gasteiger charge is 2.55. The Morgan fingerprint density at radius 1 is 1.33 bits per heavy atom. The maximum absolute atomic E-state index is 13.0. The number of nitrogens with one attached hydrogen (secondary N) is 1. The molecule has 1 heterocycles. The van der Waals surface area contributed by atoms with E-state index >= 15 is 0 Å². The first kappa shape index (κ1) is 14.4. The van der Waals surface area contributed by atoms with Gasteiger partial charge in [0, 0.05) is 10.7 Å². The monoisotopic (exact) mass is 306 g/mol. The minimum atomic E-state index is -0.793. The number of carbonyl (C=O) groups is 2. The van der Waals surface area contributed by atoms with Crippen LogP contribution < -0.4 is 10.2 Å². The maximum Gasteiger partial charge on any atom is 0.253 e. The number of benzene rings is 1. The minimum Gasteiger partial charge on any atom is -0.340 e. The Bertz CT molecular complexity index is 627. The molecule has 0 bridgehead atoms. The van der Waals surface area contributed by atoms with Crippen LogP contribution in [0.2, 0.25) is 5.02 Å². The molecular formula is C16H19ClN2O2. The fraction of sp³-hybridized carbons (Fsp3) is 0.500. The van der Waals surface area contributed by atoms with Crippen molar-refractivity contribution in [2.75, 3.05) is 4.90 Å². The molecule has 1 N–H and O–H groups in total. The van der Waals surface area contributed by atoms with Gasteiger partial charge >= 0.3 is 0 Å². The molecule has 5 heteroatoms. The molecule has 2 atom stereocenters. The molecule has 0 spiro atoms. The molecule has 2 aliphatic rings. The van der Waals surface area contributed by atoms with Crippen LogP contribution in [-0.2, 0) is 9.59 Å². The SMILES string of the molecule is Cc1ccc(Cl)cc1N1C(=O)C(C)(C2CC2)NC(=O)C1C. The Kier molecular flexibility index (Phi) is 3.24. The zero-order valence-corrected chi connectivity index (χ0v) is 13.2. The second-order valence-electron chi connectivity index (χ2n) is 6.25. The highest BCUT2D eigenvalue weighted by Crippen LogP contribution is 2.43. The third-order valence-electron chi connectivity index (χ3n) is 4.64. The summed E-state index contributed by atoms with van der Waals surface area (Å²) < 4.78 is 0. The Balaban J connectivity index is 2.07. The standard InChI is InChI=1S/C16H19ClN2O2/c1-9-4-7-12(17)8-13(9)19-10(2)14(20)18-16(3,15(19)21)11-5-6-11/h4,7-8,10-11H,5-6H2,1-3H3,(H,18,20). The van der Waals surface area contributed by atoms with Crippen LogP contribution in [0, 0.1) is 12.8 Å². The lowest BCUT2D eigenvalue weighted by atomic mass is 9.89. The van der Waals surface area contributed by atoms with E-state index in [9.17, 15) is 9.59 Å². The minimum absolute atomic E-state index is 0.0394. The number of carbonyl (C=O) groups excluding carboxylic acids is 2. The van der Waals surface area contributed by atoms with Crippen LogP contribution in [0.25, 0.3) is 0 Å². The highest BCUT2D eigenvalue weighted by atomic mass is 35.5. The van der Waals surface area contributed by atoms with Crippen LogP contribution >= 0.6 is 11.6 Å². The molecule has 1 saturated carbocycles. The number of nitrogens with zero attached hydrogens (tertiary/aromatic N) is 1. The van der Waals surface area contributed by atoms with E-state index in [1.807, 2.05) is 19.9 Å². The first-order valence-corrected chi connectivity index (χ1v) is 7.64. The van der Waals surface area contributed by atoms with E-state index in [1.54, 1.807) is 24.0 Å². The summed E-state index contributed by atoms with van der Waals surface area (Å²) >= 11 is 6.08. The summed E-state index contributed by atoms with van der Waals surface area (Å²) in [5.74, 6) is 0.0919. The second kappa shape index (κ2) is 4.73. The number of aryl methyl sites for hydroxylation is 1. The number of anilines is 1. The molecule has 1 aromatic rings. The highest BCUT2D eigenvalue weighted by molar-refractivity contribution is 6.31. The van der Waals surface area contributed by atoms with Gasteiger partial charge in [-0.3, -0.25) is 14.5 Å². The van der Waals surface area contributed by atoms with Crippen molar-refractivity contribution in [2.24, 2.45) is 5.92 Å². The number of hydrogen-bond donors (Lipinski definition) is 1. The number of hydrogen-bond acceptors (Lipinski definition) is 2. The normalized spacial score (nSPS) is 29.5. The predicted octanol–water partition coefficient (Wildman–Crippen LogP) is 2.67. The molecule has 2 fully saturated rings. The lowest BCUT2D eigenvalue weighted by Gasteiger charge is -2.44. The molecule has 112 valence electrons. The van der Waals surface area contributed by atoms with Crippen LogP contribution in [-0.4, -0.2) is 23.4 Å². The first-order chi connectivity index (χ1) is 9.84. The zero-order chi connectivity index (χ0) is 15.4. The third kappa shape index (κ3) is 2.22. The van der Waals surface area contributed by atoms with Crippen molar-refractivity contribution in [3.05, 3.63) is 28.8 Å². The van der Waals surface area contributed by atoms with Gasteiger partial charge in [-0.25, -0.2) is 0 Å². The molecule has 4 nitrogen and oxygen atoms in total. The van der Waals surface area contributed by atoms with Crippen molar-refractivity contribution in [1.29, 1.82) is 0 Å². The van der Waals surface area contributed by atoms with Crippen LogP contribution in [0.5, 0.6) is 0 Å². The van der Waals surface area contributed by atoms with Crippen molar-refractivity contribution in [2.45, 2.75) is 45.2 Å². The molecule has 2 unspecified atom stereocenters. The molecule has 1 aliphatic heterocycles. The predicted molar refractivity (Wildman–Crippen MR) is 82.4 cm³/mol. The zero-order valence-electron chi connectivity index (χ0n) is 12.4. The summed E-state index contributed by atoms with van der Waals surface area (Å²) in [5, 5.41) is 3.49. The van der Waals surface area contributed by atoms with Gasteiger partial charge in [-0.1, -0.05) is 17.7 Å². The van der Waals surface area contributed by atoms with E-state index in [2.05, 4.69) is 5.32 Å². The van der Waals surface area contributed by atoms with Crippen LogP contribution in [0.1, 0.15) is 32.3 Å². The van der Waals surface area contributed by atoms with E-state index in [0.717, 1.165) is 24.1 Å². The molecule has 1 aliphatic carbocycles. The van der Waals surface area contributed by atoms with Crippen molar-refractivity contribution in [3.63, 3.8) is 0 Å². The van der Waals surface area contributed by atoms with E-state index in [0.29, 0.717) is 5.02 Å². The van der Waals surface area contributed by atoms with Crippen molar-refractivity contribution < 1.29 is 9.59 Å². The second-order valence-corrected chi connectivity index (χ2v) is 6.68. The fourth-order valence-electron chi connectivity index (χ4n) is 3.05. The van der Waals surface area contributed by atoms with E-state index < -0.39 is 11.6 Å². The summed E-state index contributed by atoms with van der Waals surface area (Å²) in [6.45, 7) is 5.51. The summed E-state index contributed by atoms with van der Waals surface area (Å²) in [7, 11) is 0. The van der Waals surface area contributed by atoms with Crippen molar-refractivity contribution in [3.8, 4) is 0 Å². The van der Waals surface area contributed by atoms with Gasteiger partial charge in [-0.2, -0.15) is 0 Å². The molecule has 1 aromatic carbocycles. The Labute approximate surface area is 129 Å². The summed E-state index contributed by atoms with van der Waals surface area (Å²) in [6.07, 6.45) is 1.97. The summed E-state index contributed by atoms with van der Waals surface area (Å²) in [6, 6.07) is 4.90. The Hall–Kier alpha value is -1.55. The lowest BCUT2D eigenvalue weighted by molar-refractivity contribution is -0.138. The van der Waals surface area contributed by atoms with Gasteiger partial charge in [0.15, 0.2) is 0 Å². The van der Waals surface area contributed by atoms with Gasteiger partial charge in [0.2, 0.25) is 5.91 Å². The van der Waals surface area contributed by atoms with E-state index in [4.69, 9.17) is 11.6 Å².